The van der Waals surface area contributed by atoms with Crippen LogP contribution in [0.4, 0.5) is 10.8 Å². The van der Waals surface area contributed by atoms with Crippen molar-refractivity contribution >= 4 is 59.8 Å². The predicted octanol–water partition coefficient (Wildman–Crippen LogP) is 4.63. The Kier molecular flexibility index (Phi) is 4.17. The van der Waals surface area contributed by atoms with Crippen LogP contribution >= 0.6 is 22.7 Å². The van der Waals surface area contributed by atoms with Crippen LogP contribution in [0.1, 0.15) is 33.8 Å². The van der Waals surface area contributed by atoms with Crippen LogP contribution in [0.15, 0.2) is 24.3 Å². The monoisotopic (exact) mass is 410 g/mol. The first-order chi connectivity index (χ1) is 13.6. The SMILES string of the molecule is COc1ccc2nc(NC(=O)c3sc4nc5c(cc4c3N)CCCC5)sc2c1. The number of nitrogens with zero attached hydrogens (tertiary/aromatic N) is 2. The summed E-state index contributed by atoms with van der Waals surface area (Å²) < 4.78 is 6.20. The maximum Gasteiger partial charge on any atom is 0.269 e. The van der Waals surface area contributed by atoms with Crippen molar-refractivity contribution in [3.63, 3.8) is 0 Å². The second kappa shape index (κ2) is 6.72. The van der Waals surface area contributed by atoms with Crippen LogP contribution in [0.2, 0.25) is 0 Å². The van der Waals surface area contributed by atoms with E-state index >= 15 is 0 Å². The van der Waals surface area contributed by atoms with E-state index in [0.29, 0.717) is 15.7 Å². The molecule has 1 aromatic carbocycles. The third-order valence-electron chi connectivity index (χ3n) is 5.02. The molecule has 3 heterocycles. The molecule has 0 radical (unpaired) electrons. The Morgan fingerprint density at radius 2 is 2.04 bits per heavy atom. The summed E-state index contributed by atoms with van der Waals surface area (Å²) in [4.78, 5) is 23.4. The summed E-state index contributed by atoms with van der Waals surface area (Å²) >= 11 is 2.75. The number of hydrogen-bond donors (Lipinski definition) is 2. The number of amides is 1. The lowest BCUT2D eigenvalue weighted by Crippen LogP contribution is -2.11. The minimum Gasteiger partial charge on any atom is -0.497 e. The van der Waals surface area contributed by atoms with Crippen LogP contribution in [0.3, 0.4) is 0 Å². The van der Waals surface area contributed by atoms with E-state index in [4.69, 9.17) is 15.5 Å². The van der Waals surface area contributed by atoms with Gasteiger partial charge in [-0.1, -0.05) is 11.3 Å². The van der Waals surface area contributed by atoms with Crippen LogP contribution in [0.5, 0.6) is 5.75 Å². The highest BCUT2D eigenvalue weighted by Crippen LogP contribution is 2.36. The largest absolute Gasteiger partial charge is 0.497 e. The minimum atomic E-state index is -0.246. The molecular weight excluding hydrogens is 392 g/mol. The summed E-state index contributed by atoms with van der Waals surface area (Å²) in [5, 5.41) is 4.31. The molecule has 0 saturated carbocycles. The third kappa shape index (κ3) is 2.89. The number of fused-ring (bicyclic) bond motifs is 3. The van der Waals surface area contributed by atoms with Crippen LogP contribution in [0, 0.1) is 0 Å². The van der Waals surface area contributed by atoms with Gasteiger partial charge in [0.2, 0.25) is 0 Å². The lowest BCUT2D eigenvalue weighted by Gasteiger charge is -2.14. The number of anilines is 2. The highest BCUT2D eigenvalue weighted by molar-refractivity contribution is 7.23. The van der Waals surface area contributed by atoms with E-state index in [1.54, 1.807) is 7.11 Å². The van der Waals surface area contributed by atoms with Gasteiger partial charge in [-0.25, -0.2) is 9.97 Å². The van der Waals surface area contributed by atoms with Crippen molar-refractivity contribution < 1.29 is 9.53 Å². The number of carbonyl (C=O) groups excluding carboxylic acids is 1. The summed E-state index contributed by atoms with van der Waals surface area (Å²) in [6.07, 6.45) is 4.38. The molecule has 1 amide bonds. The average molecular weight is 411 g/mol. The van der Waals surface area contributed by atoms with Crippen LogP contribution in [-0.4, -0.2) is 23.0 Å². The number of nitrogens with two attached hydrogens (primary N) is 1. The van der Waals surface area contributed by atoms with Gasteiger partial charge in [-0.3, -0.25) is 10.1 Å². The summed E-state index contributed by atoms with van der Waals surface area (Å²) in [5.74, 6) is 0.516. The fraction of sp³-hybridized carbons (Fsp3) is 0.250. The van der Waals surface area contributed by atoms with Gasteiger partial charge in [-0.15, -0.1) is 11.3 Å². The van der Waals surface area contributed by atoms with Gasteiger partial charge in [0.15, 0.2) is 5.13 Å². The Morgan fingerprint density at radius 3 is 2.89 bits per heavy atom. The molecule has 0 fully saturated rings. The molecule has 0 bridgehead atoms. The second-order valence-corrected chi connectivity index (χ2v) is 8.84. The van der Waals surface area contributed by atoms with Crippen LogP contribution < -0.4 is 15.8 Å². The first-order valence-corrected chi connectivity index (χ1v) is 10.7. The molecule has 4 aromatic rings. The van der Waals surface area contributed by atoms with Gasteiger partial charge in [0, 0.05) is 11.1 Å². The van der Waals surface area contributed by atoms with Crippen molar-refractivity contribution in [3.8, 4) is 5.75 Å². The van der Waals surface area contributed by atoms with E-state index in [1.165, 1.54) is 41.1 Å². The molecule has 28 heavy (non-hydrogen) atoms. The van der Waals surface area contributed by atoms with Gasteiger partial charge in [0.05, 0.1) is 23.0 Å². The minimum absolute atomic E-state index is 0.246. The number of rotatable bonds is 3. The number of thiophene rings is 1. The number of benzene rings is 1. The molecule has 0 unspecified atom stereocenters. The number of ether oxygens (including phenoxy) is 1. The third-order valence-corrected chi connectivity index (χ3v) is 7.07. The molecule has 6 nitrogen and oxygen atoms in total. The summed E-state index contributed by atoms with van der Waals surface area (Å²) in [6.45, 7) is 0. The van der Waals surface area contributed by atoms with Gasteiger partial charge in [-0.2, -0.15) is 0 Å². The molecule has 3 N–H and O–H groups in total. The molecule has 5 rings (SSSR count). The molecule has 8 heteroatoms. The van der Waals surface area contributed by atoms with E-state index in [1.807, 2.05) is 18.2 Å². The Hall–Kier alpha value is -2.71. The maximum atomic E-state index is 12.9. The lowest BCUT2D eigenvalue weighted by atomic mass is 9.95. The Balaban J connectivity index is 1.48. The van der Waals surface area contributed by atoms with Crippen molar-refractivity contribution in [2.24, 2.45) is 0 Å². The molecule has 0 spiro atoms. The zero-order valence-corrected chi connectivity index (χ0v) is 16.9. The number of methoxy groups -OCH3 is 1. The fourth-order valence-electron chi connectivity index (χ4n) is 3.57. The maximum absolute atomic E-state index is 12.9. The first-order valence-electron chi connectivity index (χ1n) is 9.09. The Labute approximate surface area is 169 Å². The molecule has 0 aliphatic heterocycles. The average Bonchev–Trinajstić information content (AvgIpc) is 3.25. The van der Waals surface area contributed by atoms with Crippen molar-refractivity contribution in [2.45, 2.75) is 25.7 Å². The normalized spacial score (nSPS) is 13.6. The van der Waals surface area contributed by atoms with E-state index < -0.39 is 0 Å². The van der Waals surface area contributed by atoms with Crippen LogP contribution in [-0.2, 0) is 12.8 Å². The number of nitrogen functional groups attached to an aromatic ring is 1. The van der Waals surface area contributed by atoms with E-state index in [2.05, 4.69) is 16.4 Å². The van der Waals surface area contributed by atoms with Gasteiger partial charge in [0.25, 0.3) is 5.91 Å². The quantitative estimate of drug-likeness (QED) is 0.514. The van der Waals surface area contributed by atoms with Crippen LogP contribution in [0.25, 0.3) is 20.4 Å². The molecule has 142 valence electrons. The number of aromatic nitrogens is 2. The second-order valence-electron chi connectivity index (χ2n) is 6.81. The van der Waals surface area contributed by atoms with Crippen molar-refractivity contribution in [3.05, 3.63) is 40.4 Å². The number of pyridine rings is 1. The number of hydrogen-bond acceptors (Lipinski definition) is 7. The van der Waals surface area contributed by atoms with Gasteiger partial charge in [-0.05, 0) is 55.5 Å². The summed E-state index contributed by atoms with van der Waals surface area (Å²) in [6, 6.07) is 7.75. The highest BCUT2D eigenvalue weighted by Gasteiger charge is 2.21. The van der Waals surface area contributed by atoms with Crippen molar-refractivity contribution in [1.29, 1.82) is 0 Å². The predicted molar refractivity (Wildman–Crippen MR) is 115 cm³/mol. The highest BCUT2D eigenvalue weighted by atomic mass is 32.1. The number of thiazole rings is 1. The van der Waals surface area contributed by atoms with E-state index in [9.17, 15) is 4.79 Å². The van der Waals surface area contributed by atoms with Gasteiger partial charge >= 0.3 is 0 Å². The van der Waals surface area contributed by atoms with Gasteiger partial charge in [0.1, 0.15) is 15.5 Å². The molecular formula is C20H18N4O2S2. The number of aryl methyl sites for hydroxylation is 2. The summed E-state index contributed by atoms with van der Waals surface area (Å²) in [5.41, 5.74) is 10.0. The smallest absolute Gasteiger partial charge is 0.269 e. The van der Waals surface area contributed by atoms with E-state index in [-0.39, 0.29) is 5.91 Å². The van der Waals surface area contributed by atoms with E-state index in [0.717, 1.165) is 44.7 Å². The molecule has 0 saturated heterocycles. The Bertz CT molecular complexity index is 1230. The van der Waals surface area contributed by atoms with Gasteiger partial charge < -0.3 is 10.5 Å². The topological polar surface area (TPSA) is 90.1 Å². The zero-order valence-electron chi connectivity index (χ0n) is 15.2. The lowest BCUT2D eigenvalue weighted by molar-refractivity contribution is 0.103. The summed E-state index contributed by atoms with van der Waals surface area (Å²) in [7, 11) is 1.63. The zero-order chi connectivity index (χ0) is 19.3. The number of nitrogens with one attached hydrogen (secondary N) is 1. The molecule has 0 atom stereocenters. The Morgan fingerprint density at radius 1 is 1.18 bits per heavy atom. The first kappa shape index (κ1) is 17.4. The molecule has 1 aliphatic rings. The number of carbonyl (C=O) groups is 1. The fourth-order valence-corrected chi connectivity index (χ4v) is 5.45. The van der Waals surface area contributed by atoms with Crippen molar-refractivity contribution in [1.82, 2.24) is 9.97 Å². The standard InChI is InChI=1S/C20H18N4O2S2/c1-26-11-6-7-14-15(9-11)27-20(23-14)24-18(25)17-16(21)12-8-10-4-2-3-5-13(10)22-19(12)28-17/h6-9H,2-5,21H2,1H3,(H,23,24,25). The molecule has 3 aromatic heterocycles. The van der Waals surface area contributed by atoms with Crippen molar-refractivity contribution in [2.75, 3.05) is 18.2 Å². The molecule has 1 aliphatic carbocycles.